The number of rotatable bonds is 4. The molecule has 3 rings (SSSR count). The highest BCUT2D eigenvalue weighted by Gasteiger charge is 2.11. The Labute approximate surface area is 134 Å². The number of halogens is 2. The Morgan fingerprint density at radius 3 is 2.73 bits per heavy atom. The van der Waals surface area contributed by atoms with Gasteiger partial charge in [-0.3, -0.25) is 0 Å². The number of hydrogen-bond acceptors (Lipinski definition) is 1. The van der Waals surface area contributed by atoms with Crippen LogP contribution in [0.5, 0.6) is 5.75 Å². The molecule has 0 bridgehead atoms. The van der Waals surface area contributed by atoms with Crippen LogP contribution < -0.4 is 4.74 Å². The molecule has 0 aliphatic carbocycles. The van der Waals surface area contributed by atoms with Crippen molar-refractivity contribution in [3.63, 3.8) is 0 Å². The maximum absolute atomic E-state index is 13.2. The van der Waals surface area contributed by atoms with Crippen molar-refractivity contribution in [3.05, 3.63) is 65.1 Å². The van der Waals surface area contributed by atoms with Crippen LogP contribution in [0.3, 0.4) is 0 Å². The minimum atomic E-state index is -0.297. The van der Waals surface area contributed by atoms with Gasteiger partial charge in [0.2, 0.25) is 0 Å². The average molecular weight is 318 g/mol. The minimum absolute atomic E-state index is 0.297. The van der Waals surface area contributed by atoms with Gasteiger partial charge in [0, 0.05) is 34.3 Å². The molecule has 0 aliphatic heterocycles. The van der Waals surface area contributed by atoms with E-state index < -0.39 is 0 Å². The van der Waals surface area contributed by atoms with Crippen LogP contribution in [-0.2, 0) is 6.61 Å². The lowest BCUT2D eigenvalue weighted by Crippen LogP contribution is -1.98. The second-order valence-electron chi connectivity index (χ2n) is 5.56. The molecular formula is C18H17ClFNO. The Balaban J connectivity index is 1.93. The van der Waals surface area contributed by atoms with E-state index in [-0.39, 0.29) is 5.82 Å². The number of hydrogen-bond donors (Lipinski definition) is 0. The molecule has 2 nitrogen and oxygen atoms in total. The van der Waals surface area contributed by atoms with Gasteiger partial charge in [0.1, 0.15) is 18.2 Å². The lowest BCUT2D eigenvalue weighted by Gasteiger charge is -2.08. The van der Waals surface area contributed by atoms with Crippen molar-refractivity contribution in [2.75, 3.05) is 0 Å². The van der Waals surface area contributed by atoms with Gasteiger partial charge in [-0.1, -0.05) is 23.7 Å². The normalized spacial score (nSPS) is 11.3. The predicted molar refractivity (Wildman–Crippen MR) is 88.1 cm³/mol. The highest BCUT2D eigenvalue weighted by molar-refractivity contribution is 6.31. The summed E-state index contributed by atoms with van der Waals surface area (Å²) in [4.78, 5) is 0. The second-order valence-corrected chi connectivity index (χ2v) is 6.00. The molecule has 4 heteroatoms. The van der Waals surface area contributed by atoms with E-state index in [1.807, 2.05) is 18.2 Å². The zero-order valence-electron chi connectivity index (χ0n) is 12.5. The highest BCUT2D eigenvalue weighted by Crippen LogP contribution is 2.28. The van der Waals surface area contributed by atoms with E-state index in [0.29, 0.717) is 23.4 Å². The fourth-order valence-corrected chi connectivity index (χ4v) is 2.72. The molecule has 0 saturated heterocycles. The molecule has 0 radical (unpaired) electrons. The van der Waals surface area contributed by atoms with Crippen LogP contribution in [0.1, 0.15) is 25.5 Å². The predicted octanol–water partition coefficient (Wildman–Crippen LogP) is 5.59. The lowest BCUT2D eigenvalue weighted by molar-refractivity contribution is 0.305. The highest BCUT2D eigenvalue weighted by atomic mass is 35.5. The Morgan fingerprint density at radius 2 is 2.00 bits per heavy atom. The summed E-state index contributed by atoms with van der Waals surface area (Å²) in [7, 11) is 0. The smallest absolute Gasteiger partial charge is 0.126 e. The van der Waals surface area contributed by atoms with E-state index >= 15 is 0 Å². The molecular weight excluding hydrogens is 301 g/mol. The van der Waals surface area contributed by atoms with Gasteiger partial charge in [-0.15, -0.1) is 0 Å². The zero-order chi connectivity index (χ0) is 15.7. The molecule has 0 unspecified atom stereocenters. The van der Waals surface area contributed by atoms with Crippen LogP contribution in [0.4, 0.5) is 4.39 Å². The number of nitrogens with zero attached hydrogens (tertiary/aromatic N) is 1. The SMILES string of the molecule is CC(C)n1cc(COc2cccc(F)c2)c2ccc(Cl)cc21. The van der Waals surface area contributed by atoms with Gasteiger partial charge in [-0.05, 0) is 38.1 Å². The molecule has 1 heterocycles. The van der Waals surface area contributed by atoms with Gasteiger partial charge >= 0.3 is 0 Å². The third-order valence-electron chi connectivity index (χ3n) is 3.63. The van der Waals surface area contributed by atoms with Gasteiger partial charge < -0.3 is 9.30 Å². The molecule has 2 aromatic carbocycles. The third-order valence-corrected chi connectivity index (χ3v) is 3.86. The fraction of sp³-hybridized carbons (Fsp3) is 0.222. The number of benzene rings is 2. The molecule has 0 atom stereocenters. The maximum Gasteiger partial charge on any atom is 0.126 e. The van der Waals surface area contributed by atoms with E-state index in [4.69, 9.17) is 16.3 Å². The second kappa shape index (κ2) is 6.01. The number of ether oxygens (including phenoxy) is 1. The number of aromatic nitrogens is 1. The fourth-order valence-electron chi connectivity index (χ4n) is 2.56. The van der Waals surface area contributed by atoms with E-state index in [9.17, 15) is 4.39 Å². The Morgan fingerprint density at radius 1 is 1.18 bits per heavy atom. The molecule has 0 aliphatic rings. The van der Waals surface area contributed by atoms with Crippen LogP contribution in [0.2, 0.25) is 5.02 Å². The van der Waals surface area contributed by atoms with Crippen molar-refractivity contribution in [2.24, 2.45) is 0 Å². The molecule has 0 fully saturated rings. The first kappa shape index (κ1) is 14.9. The van der Waals surface area contributed by atoms with E-state index in [0.717, 1.165) is 16.5 Å². The van der Waals surface area contributed by atoms with Crippen LogP contribution in [-0.4, -0.2) is 4.57 Å². The Hall–Kier alpha value is -2.00. The summed E-state index contributed by atoms with van der Waals surface area (Å²) >= 11 is 6.11. The third kappa shape index (κ3) is 2.95. The van der Waals surface area contributed by atoms with E-state index in [1.165, 1.54) is 12.1 Å². The van der Waals surface area contributed by atoms with Crippen LogP contribution in [0.25, 0.3) is 10.9 Å². The summed E-state index contributed by atoms with van der Waals surface area (Å²) in [6.45, 7) is 4.64. The molecule has 1 aromatic heterocycles. The zero-order valence-corrected chi connectivity index (χ0v) is 13.3. The molecule has 3 aromatic rings. The van der Waals surface area contributed by atoms with Crippen molar-refractivity contribution in [1.29, 1.82) is 0 Å². The van der Waals surface area contributed by atoms with Crippen LogP contribution >= 0.6 is 11.6 Å². The first-order valence-electron chi connectivity index (χ1n) is 7.22. The molecule has 0 amide bonds. The average Bonchev–Trinajstić information content (AvgIpc) is 2.83. The van der Waals surface area contributed by atoms with E-state index in [1.54, 1.807) is 12.1 Å². The van der Waals surface area contributed by atoms with Gasteiger partial charge in [0.25, 0.3) is 0 Å². The van der Waals surface area contributed by atoms with Crippen molar-refractivity contribution in [2.45, 2.75) is 26.5 Å². The summed E-state index contributed by atoms with van der Waals surface area (Å²) in [5.41, 5.74) is 2.14. The molecule has 0 N–H and O–H groups in total. The van der Waals surface area contributed by atoms with E-state index in [2.05, 4.69) is 24.6 Å². The summed E-state index contributed by atoms with van der Waals surface area (Å²) in [5, 5.41) is 1.82. The van der Waals surface area contributed by atoms with Crippen LogP contribution in [0, 0.1) is 5.82 Å². The summed E-state index contributed by atoms with van der Waals surface area (Å²) in [6.07, 6.45) is 2.07. The van der Waals surface area contributed by atoms with Gasteiger partial charge in [0.15, 0.2) is 0 Å². The number of fused-ring (bicyclic) bond motifs is 1. The lowest BCUT2D eigenvalue weighted by atomic mass is 10.2. The topological polar surface area (TPSA) is 14.2 Å². The van der Waals surface area contributed by atoms with Crippen LogP contribution in [0.15, 0.2) is 48.7 Å². The Bertz CT molecular complexity index is 810. The Kier molecular flexibility index (Phi) is 4.08. The van der Waals surface area contributed by atoms with Crippen molar-refractivity contribution in [3.8, 4) is 5.75 Å². The van der Waals surface area contributed by atoms with Crippen molar-refractivity contribution >= 4 is 22.5 Å². The van der Waals surface area contributed by atoms with Gasteiger partial charge in [-0.25, -0.2) is 4.39 Å². The van der Waals surface area contributed by atoms with Crippen molar-refractivity contribution in [1.82, 2.24) is 4.57 Å². The summed E-state index contributed by atoms with van der Waals surface area (Å²) in [5.74, 6) is 0.230. The standard InChI is InChI=1S/C18H17ClFNO/c1-12(2)21-10-13(17-7-6-14(19)8-18(17)21)11-22-16-5-3-4-15(20)9-16/h3-10,12H,11H2,1-2H3. The largest absolute Gasteiger partial charge is 0.489 e. The maximum atomic E-state index is 13.2. The van der Waals surface area contributed by atoms with Crippen molar-refractivity contribution < 1.29 is 9.13 Å². The summed E-state index contributed by atoms with van der Waals surface area (Å²) in [6, 6.07) is 12.3. The minimum Gasteiger partial charge on any atom is -0.489 e. The van der Waals surface area contributed by atoms with Gasteiger partial charge in [0.05, 0.1) is 5.52 Å². The molecule has 114 valence electrons. The molecule has 22 heavy (non-hydrogen) atoms. The van der Waals surface area contributed by atoms with Gasteiger partial charge in [-0.2, -0.15) is 0 Å². The first-order chi connectivity index (χ1) is 10.5. The monoisotopic (exact) mass is 317 g/mol. The quantitative estimate of drug-likeness (QED) is 0.611. The molecule has 0 spiro atoms. The molecule has 0 saturated carbocycles. The summed E-state index contributed by atoms with van der Waals surface area (Å²) < 4.78 is 21.1. The first-order valence-corrected chi connectivity index (χ1v) is 7.60.